The SMILES string of the molecule is CCCCOc1cc(C=NNC(N)=S)ccc1OC. The third-order valence-corrected chi connectivity index (χ3v) is 2.42. The summed E-state index contributed by atoms with van der Waals surface area (Å²) >= 11 is 4.66. The first kappa shape index (κ1) is 15.2. The van der Waals surface area contributed by atoms with Crippen LogP contribution in [0.1, 0.15) is 25.3 Å². The lowest BCUT2D eigenvalue weighted by Crippen LogP contribution is -2.23. The fourth-order valence-corrected chi connectivity index (χ4v) is 1.44. The number of hydrogen-bond donors (Lipinski definition) is 2. The zero-order chi connectivity index (χ0) is 14.1. The van der Waals surface area contributed by atoms with Gasteiger partial charge in [-0.15, -0.1) is 0 Å². The summed E-state index contributed by atoms with van der Waals surface area (Å²) in [7, 11) is 1.62. The molecule has 1 aromatic carbocycles. The molecule has 0 spiro atoms. The van der Waals surface area contributed by atoms with Crippen molar-refractivity contribution in [2.75, 3.05) is 13.7 Å². The summed E-state index contributed by atoms with van der Waals surface area (Å²) in [6.45, 7) is 2.78. The van der Waals surface area contributed by atoms with Crippen molar-refractivity contribution in [3.63, 3.8) is 0 Å². The zero-order valence-electron chi connectivity index (χ0n) is 11.2. The number of benzene rings is 1. The molecule has 6 heteroatoms. The molecule has 0 aliphatic carbocycles. The summed E-state index contributed by atoms with van der Waals surface area (Å²) in [5, 5.41) is 4.03. The first-order chi connectivity index (χ1) is 9.17. The lowest BCUT2D eigenvalue weighted by molar-refractivity contribution is 0.288. The monoisotopic (exact) mass is 281 g/mol. The first-order valence-corrected chi connectivity index (χ1v) is 6.47. The van der Waals surface area contributed by atoms with Crippen LogP contribution in [0.2, 0.25) is 0 Å². The van der Waals surface area contributed by atoms with Gasteiger partial charge in [-0.3, -0.25) is 5.43 Å². The van der Waals surface area contributed by atoms with Gasteiger partial charge in [-0.2, -0.15) is 5.10 Å². The molecule has 0 aliphatic rings. The predicted octanol–water partition coefficient (Wildman–Crippen LogP) is 2.04. The number of nitrogens with two attached hydrogens (primary N) is 1. The molecule has 0 heterocycles. The minimum absolute atomic E-state index is 0.129. The van der Waals surface area contributed by atoms with Gasteiger partial charge in [-0.1, -0.05) is 13.3 Å². The molecule has 0 atom stereocenters. The van der Waals surface area contributed by atoms with Crippen LogP contribution in [0.3, 0.4) is 0 Å². The third-order valence-electron chi connectivity index (χ3n) is 2.33. The normalized spacial score (nSPS) is 10.4. The van der Waals surface area contributed by atoms with Gasteiger partial charge in [0.25, 0.3) is 0 Å². The van der Waals surface area contributed by atoms with Crippen molar-refractivity contribution >= 4 is 23.5 Å². The molecule has 0 amide bonds. The maximum Gasteiger partial charge on any atom is 0.184 e. The first-order valence-electron chi connectivity index (χ1n) is 6.06. The van der Waals surface area contributed by atoms with E-state index >= 15 is 0 Å². The van der Waals surface area contributed by atoms with E-state index in [1.165, 1.54) is 0 Å². The summed E-state index contributed by atoms with van der Waals surface area (Å²) in [5.74, 6) is 1.41. The minimum atomic E-state index is 0.129. The van der Waals surface area contributed by atoms with Gasteiger partial charge in [0, 0.05) is 0 Å². The van der Waals surface area contributed by atoms with Crippen LogP contribution in [0.5, 0.6) is 11.5 Å². The van der Waals surface area contributed by atoms with Gasteiger partial charge in [0.2, 0.25) is 0 Å². The molecular formula is C13H19N3O2S. The number of hydrazone groups is 1. The Balaban J connectivity index is 2.76. The molecule has 0 radical (unpaired) electrons. The molecule has 0 fully saturated rings. The highest BCUT2D eigenvalue weighted by Crippen LogP contribution is 2.27. The second kappa shape index (κ2) is 8.31. The molecule has 0 unspecified atom stereocenters. The van der Waals surface area contributed by atoms with Crippen molar-refractivity contribution in [2.45, 2.75) is 19.8 Å². The van der Waals surface area contributed by atoms with Crippen LogP contribution in [0.25, 0.3) is 0 Å². The van der Waals surface area contributed by atoms with Crippen LogP contribution in [0.4, 0.5) is 0 Å². The number of nitrogens with zero attached hydrogens (tertiary/aromatic N) is 1. The van der Waals surface area contributed by atoms with Crippen LogP contribution in [0, 0.1) is 0 Å². The highest BCUT2D eigenvalue weighted by atomic mass is 32.1. The molecule has 0 saturated heterocycles. The Bertz CT molecular complexity index is 450. The number of hydrogen-bond acceptors (Lipinski definition) is 4. The Labute approximate surface area is 118 Å². The van der Waals surface area contributed by atoms with Crippen molar-refractivity contribution in [1.82, 2.24) is 5.43 Å². The maximum absolute atomic E-state index is 5.68. The van der Waals surface area contributed by atoms with Gasteiger partial charge >= 0.3 is 0 Å². The van der Waals surface area contributed by atoms with E-state index in [1.807, 2.05) is 18.2 Å². The number of ether oxygens (including phenoxy) is 2. The number of methoxy groups -OCH3 is 1. The molecule has 0 saturated carbocycles. The Kier molecular flexibility index (Phi) is 6.67. The van der Waals surface area contributed by atoms with E-state index in [-0.39, 0.29) is 5.11 Å². The molecule has 1 aromatic rings. The number of nitrogens with one attached hydrogen (secondary N) is 1. The highest BCUT2D eigenvalue weighted by molar-refractivity contribution is 7.80. The van der Waals surface area contributed by atoms with Gasteiger partial charge < -0.3 is 15.2 Å². The summed E-state index contributed by atoms with van der Waals surface area (Å²) in [4.78, 5) is 0. The van der Waals surface area contributed by atoms with Crippen LogP contribution in [0.15, 0.2) is 23.3 Å². The van der Waals surface area contributed by atoms with E-state index < -0.39 is 0 Å². The van der Waals surface area contributed by atoms with Gasteiger partial charge in [0.15, 0.2) is 16.6 Å². The molecule has 0 bridgehead atoms. The van der Waals surface area contributed by atoms with E-state index in [0.29, 0.717) is 18.1 Å². The zero-order valence-corrected chi connectivity index (χ0v) is 12.0. The van der Waals surface area contributed by atoms with Crippen LogP contribution in [-0.2, 0) is 0 Å². The molecule has 3 N–H and O–H groups in total. The number of unbranched alkanes of at least 4 members (excludes halogenated alkanes) is 1. The second-order valence-corrected chi connectivity index (χ2v) is 4.29. The summed E-state index contributed by atoms with van der Waals surface area (Å²) in [5.41, 5.74) is 8.65. The average molecular weight is 281 g/mol. The maximum atomic E-state index is 5.68. The highest BCUT2D eigenvalue weighted by Gasteiger charge is 2.04. The standard InChI is InChI=1S/C13H19N3O2S/c1-3-4-7-18-12-8-10(5-6-11(12)17-2)9-15-16-13(14)19/h5-6,8-9H,3-4,7H2,1-2H3,(H3,14,16,19). The fraction of sp³-hybridized carbons (Fsp3) is 0.385. The molecule has 0 aromatic heterocycles. The summed E-state index contributed by atoms with van der Waals surface area (Å²) < 4.78 is 10.9. The van der Waals surface area contributed by atoms with Gasteiger partial charge in [-0.05, 0) is 42.4 Å². The van der Waals surface area contributed by atoms with Crippen LogP contribution < -0.4 is 20.6 Å². The summed E-state index contributed by atoms with van der Waals surface area (Å²) in [6, 6.07) is 5.57. The quantitative estimate of drug-likeness (QED) is 0.346. The topological polar surface area (TPSA) is 68.9 Å². The fourth-order valence-electron chi connectivity index (χ4n) is 1.38. The Morgan fingerprint density at radius 3 is 2.89 bits per heavy atom. The predicted molar refractivity (Wildman–Crippen MR) is 80.9 cm³/mol. The smallest absolute Gasteiger partial charge is 0.184 e. The third kappa shape index (κ3) is 5.56. The number of rotatable bonds is 7. The van der Waals surface area contributed by atoms with Crippen molar-refractivity contribution < 1.29 is 9.47 Å². The van der Waals surface area contributed by atoms with E-state index in [9.17, 15) is 0 Å². The van der Waals surface area contributed by atoms with Gasteiger partial charge in [0.1, 0.15) is 0 Å². The molecular weight excluding hydrogens is 262 g/mol. The largest absolute Gasteiger partial charge is 0.493 e. The van der Waals surface area contributed by atoms with Crippen molar-refractivity contribution in [3.8, 4) is 11.5 Å². The molecule has 5 nitrogen and oxygen atoms in total. The minimum Gasteiger partial charge on any atom is -0.493 e. The molecule has 104 valence electrons. The Morgan fingerprint density at radius 1 is 1.47 bits per heavy atom. The molecule has 0 aliphatic heterocycles. The average Bonchev–Trinajstić information content (AvgIpc) is 2.39. The number of thiocarbonyl (C=S) groups is 1. The van der Waals surface area contributed by atoms with Crippen molar-refractivity contribution in [2.24, 2.45) is 10.8 Å². The van der Waals surface area contributed by atoms with E-state index in [4.69, 9.17) is 15.2 Å². The molecule has 1 rings (SSSR count). The van der Waals surface area contributed by atoms with E-state index in [2.05, 4.69) is 29.7 Å². The Hall–Kier alpha value is -1.82. The van der Waals surface area contributed by atoms with E-state index in [1.54, 1.807) is 13.3 Å². The van der Waals surface area contributed by atoms with Crippen molar-refractivity contribution in [3.05, 3.63) is 23.8 Å². The molecule has 19 heavy (non-hydrogen) atoms. The van der Waals surface area contributed by atoms with Gasteiger partial charge in [-0.25, -0.2) is 0 Å². The second-order valence-electron chi connectivity index (χ2n) is 3.85. The lowest BCUT2D eigenvalue weighted by atomic mass is 10.2. The van der Waals surface area contributed by atoms with Crippen molar-refractivity contribution in [1.29, 1.82) is 0 Å². The van der Waals surface area contributed by atoms with Crippen LogP contribution in [-0.4, -0.2) is 25.0 Å². The van der Waals surface area contributed by atoms with Crippen LogP contribution >= 0.6 is 12.2 Å². The van der Waals surface area contributed by atoms with Gasteiger partial charge in [0.05, 0.1) is 19.9 Å². The Morgan fingerprint density at radius 2 is 2.26 bits per heavy atom. The van der Waals surface area contributed by atoms with E-state index in [0.717, 1.165) is 18.4 Å². The lowest BCUT2D eigenvalue weighted by Gasteiger charge is -2.10. The summed E-state index contributed by atoms with van der Waals surface area (Å²) in [6.07, 6.45) is 3.71.